The molecule has 0 bridgehead atoms. The van der Waals surface area contributed by atoms with Gasteiger partial charge in [0.25, 0.3) is 0 Å². The van der Waals surface area contributed by atoms with Crippen molar-refractivity contribution in [1.82, 2.24) is 5.32 Å². The molecule has 2 unspecified atom stereocenters. The first-order valence-corrected chi connectivity index (χ1v) is 8.04. The smallest absolute Gasteiger partial charge is 0.0425 e. The molecule has 0 saturated carbocycles. The zero-order valence-corrected chi connectivity index (χ0v) is 14.4. The summed E-state index contributed by atoms with van der Waals surface area (Å²) in [5.41, 5.74) is 2.72. The molecule has 0 heterocycles. The van der Waals surface area contributed by atoms with Gasteiger partial charge in [-0.3, -0.25) is 0 Å². The van der Waals surface area contributed by atoms with Crippen molar-refractivity contribution in [3.05, 3.63) is 28.2 Å². The third-order valence-corrected chi connectivity index (χ3v) is 4.34. The van der Waals surface area contributed by atoms with Crippen LogP contribution in [0.5, 0.6) is 0 Å². The second kappa shape index (κ2) is 7.91. The van der Waals surface area contributed by atoms with Crippen molar-refractivity contribution in [2.45, 2.75) is 40.2 Å². The van der Waals surface area contributed by atoms with Gasteiger partial charge in [0, 0.05) is 29.3 Å². The Bertz CT molecular complexity index is 392. The Balaban J connectivity index is 3.09. The largest absolute Gasteiger partial charge is 0.371 e. The average Bonchev–Trinajstić information content (AvgIpc) is 2.43. The van der Waals surface area contributed by atoms with Crippen LogP contribution in [0.25, 0.3) is 0 Å². The van der Waals surface area contributed by atoms with Gasteiger partial charge < -0.3 is 10.2 Å². The maximum atomic E-state index is 3.60. The first-order valence-electron chi connectivity index (χ1n) is 7.25. The number of anilines is 1. The Labute approximate surface area is 126 Å². The Morgan fingerprint density at radius 3 is 2.47 bits per heavy atom. The topological polar surface area (TPSA) is 15.3 Å². The third kappa shape index (κ3) is 4.50. The van der Waals surface area contributed by atoms with Crippen molar-refractivity contribution in [3.8, 4) is 0 Å². The van der Waals surface area contributed by atoms with E-state index >= 15 is 0 Å². The summed E-state index contributed by atoms with van der Waals surface area (Å²) in [5.74, 6) is 0.719. The fraction of sp³-hybridized carbons (Fsp3) is 0.625. The van der Waals surface area contributed by atoms with E-state index in [-0.39, 0.29) is 0 Å². The lowest BCUT2D eigenvalue weighted by Crippen LogP contribution is -2.30. The van der Waals surface area contributed by atoms with Gasteiger partial charge in [-0.05, 0) is 44.5 Å². The lowest BCUT2D eigenvalue weighted by Gasteiger charge is -2.30. The predicted molar refractivity (Wildman–Crippen MR) is 89.0 cm³/mol. The molecule has 1 aromatic rings. The number of benzene rings is 1. The van der Waals surface area contributed by atoms with E-state index in [1.807, 2.05) is 7.05 Å². The van der Waals surface area contributed by atoms with E-state index in [4.69, 9.17) is 0 Å². The number of nitrogens with zero attached hydrogens (tertiary/aromatic N) is 1. The van der Waals surface area contributed by atoms with Crippen LogP contribution in [-0.2, 0) is 0 Å². The summed E-state index contributed by atoms with van der Waals surface area (Å²) in [5, 5.41) is 3.35. The van der Waals surface area contributed by atoms with Crippen molar-refractivity contribution in [2.75, 3.05) is 25.0 Å². The van der Waals surface area contributed by atoms with Crippen LogP contribution in [0, 0.1) is 5.92 Å². The van der Waals surface area contributed by atoms with Gasteiger partial charge in [-0.2, -0.15) is 0 Å². The minimum absolute atomic E-state index is 0.370. The molecule has 1 rings (SSSR count). The lowest BCUT2D eigenvalue weighted by atomic mass is 10.0. The van der Waals surface area contributed by atoms with Crippen molar-refractivity contribution in [3.63, 3.8) is 0 Å². The molecule has 0 radical (unpaired) electrons. The second-order valence-corrected chi connectivity index (χ2v) is 6.18. The molecule has 1 N–H and O–H groups in total. The number of halogens is 1. The minimum Gasteiger partial charge on any atom is -0.371 e. The summed E-state index contributed by atoms with van der Waals surface area (Å²) in [6, 6.07) is 6.97. The van der Waals surface area contributed by atoms with Crippen LogP contribution in [0.4, 0.5) is 5.69 Å². The molecular formula is C16H27BrN2. The Morgan fingerprint density at radius 1 is 1.26 bits per heavy atom. The monoisotopic (exact) mass is 326 g/mol. The summed E-state index contributed by atoms with van der Waals surface area (Å²) in [7, 11) is 2.02. The van der Waals surface area contributed by atoms with E-state index in [1.165, 1.54) is 17.7 Å². The molecule has 0 aromatic heterocycles. The van der Waals surface area contributed by atoms with Gasteiger partial charge in [-0.15, -0.1) is 0 Å². The van der Waals surface area contributed by atoms with Gasteiger partial charge in [0.2, 0.25) is 0 Å². The molecule has 0 fully saturated rings. The highest BCUT2D eigenvalue weighted by Gasteiger charge is 2.15. The first-order chi connectivity index (χ1) is 9.03. The van der Waals surface area contributed by atoms with Crippen molar-refractivity contribution in [2.24, 2.45) is 5.92 Å². The van der Waals surface area contributed by atoms with E-state index in [9.17, 15) is 0 Å². The van der Waals surface area contributed by atoms with Crippen LogP contribution < -0.4 is 10.2 Å². The summed E-state index contributed by atoms with van der Waals surface area (Å²) in [6.45, 7) is 11.2. The van der Waals surface area contributed by atoms with Crippen molar-refractivity contribution < 1.29 is 0 Å². The van der Waals surface area contributed by atoms with Crippen molar-refractivity contribution in [1.29, 1.82) is 0 Å². The molecule has 0 spiro atoms. The van der Waals surface area contributed by atoms with E-state index in [0.717, 1.165) is 23.5 Å². The minimum atomic E-state index is 0.370. The number of hydrogen-bond donors (Lipinski definition) is 1. The van der Waals surface area contributed by atoms with Crippen molar-refractivity contribution >= 4 is 21.6 Å². The average molecular weight is 327 g/mol. The second-order valence-electron chi connectivity index (χ2n) is 5.27. The Hall–Kier alpha value is -0.540. The molecule has 108 valence electrons. The summed E-state index contributed by atoms with van der Waals surface area (Å²) in [6.07, 6.45) is 1.22. The molecule has 2 nitrogen and oxygen atoms in total. The number of hydrogen-bond acceptors (Lipinski definition) is 2. The predicted octanol–water partition coefficient (Wildman–Crippen LogP) is 4.60. The van der Waals surface area contributed by atoms with E-state index in [2.05, 4.69) is 72.0 Å². The lowest BCUT2D eigenvalue weighted by molar-refractivity contribution is 0.544. The van der Waals surface area contributed by atoms with Crippen LogP contribution in [0.1, 0.15) is 45.7 Å². The molecule has 0 aliphatic carbocycles. The maximum absolute atomic E-state index is 3.60. The molecule has 1 aromatic carbocycles. The SMILES string of the molecule is CCC(C)CN(CC)c1cc(Br)ccc1C(C)NC. The van der Waals surface area contributed by atoms with Gasteiger partial charge in [0.1, 0.15) is 0 Å². The van der Waals surface area contributed by atoms with Gasteiger partial charge in [-0.1, -0.05) is 42.3 Å². The molecule has 0 saturated heterocycles. The molecule has 0 amide bonds. The van der Waals surface area contributed by atoms with Gasteiger partial charge in [-0.25, -0.2) is 0 Å². The van der Waals surface area contributed by atoms with Gasteiger partial charge in [0.15, 0.2) is 0 Å². The molecule has 2 atom stereocenters. The third-order valence-electron chi connectivity index (χ3n) is 3.84. The molecule has 0 aliphatic rings. The number of rotatable bonds is 7. The van der Waals surface area contributed by atoms with Crippen LogP contribution >= 0.6 is 15.9 Å². The normalized spacial score (nSPS) is 14.2. The quantitative estimate of drug-likeness (QED) is 0.787. The van der Waals surface area contributed by atoms with E-state index < -0.39 is 0 Å². The van der Waals surface area contributed by atoms with Crippen LogP contribution in [0.2, 0.25) is 0 Å². The maximum Gasteiger partial charge on any atom is 0.0425 e. The highest BCUT2D eigenvalue weighted by molar-refractivity contribution is 9.10. The molecule has 0 aliphatic heterocycles. The highest BCUT2D eigenvalue weighted by atomic mass is 79.9. The molecule has 3 heteroatoms. The first kappa shape index (κ1) is 16.5. The summed E-state index contributed by atoms with van der Waals surface area (Å²) >= 11 is 3.60. The summed E-state index contributed by atoms with van der Waals surface area (Å²) < 4.78 is 1.15. The van der Waals surface area contributed by atoms with Crippen LogP contribution in [-0.4, -0.2) is 20.1 Å². The zero-order chi connectivity index (χ0) is 14.4. The van der Waals surface area contributed by atoms with Gasteiger partial charge >= 0.3 is 0 Å². The Kier molecular flexibility index (Phi) is 6.87. The van der Waals surface area contributed by atoms with E-state index in [1.54, 1.807) is 0 Å². The fourth-order valence-corrected chi connectivity index (χ4v) is 2.56. The molecule has 19 heavy (non-hydrogen) atoms. The van der Waals surface area contributed by atoms with Crippen LogP contribution in [0.15, 0.2) is 22.7 Å². The zero-order valence-electron chi connectivity index (χ0n) is 12.8. The standard InChI is InChI=1S/C16H27BrN2/c1-6-12(3)11-19(7-2)16-10-14(17)8-9-15(16)13(4)18-5/h8-10,12-13,18H,6-7,11H2,1-5H3. The fourth-order valence-electron chi connectivity index (χ4n) is 2.22. The van der Waals surface area contributed by atoms with Gasteiger partial charge in [0.05, 0.1) is 0 Å². The van der Waals surface area contributed by atoms with E-state index in [0.29, 0.717) is 6.04 Å². The highest BCUT2D eigenvalue weighted by Crippen LogP contribution is 2.30. The Morgan fingerprint density at radius 2 is 1.95 bits per heavy atom. The summed E-state index contributed by atoms with van der Waals surface area (Å²) in [4.78, 5) is 2.49. The number of nitrogens with one attached hydrogen (secondary N) is 1. The van der Waals surface area contributed by atoms with Crippen LogP contribution in [0.3, 0.4) is 0 Å². The molecular weight excluding hydrogens is 300 g/mol.